The van der Waals surface area contributed by atoms with Gasteiger partial charge in [0.25, 0.3) is 0 Å². The van der Waals surface area contributed by atoms with Gasteiger partial charge in [0.15, 0.2) is 6.29 Å². The van der Waals surface area contributed by atoms with Crippen molar-refractivity contribution in [3.63, 3.8) is 0 Å². The van der Waals surface area contributed by atoms with Gasteiger partial charge in [0, 0.05) is 36.9 Å². The summed E-state index contributed by atoms with van der Waals surface area (Å²) in [5.74, 6) is -1.88. The van der Waals surface area contributed by atoms with Crippen molar-refractivity contribution in [3.8, 4) is 11.1 Å². The Hall–Kier alpha value is -4.55. The lowest BCUT2D eigenvalue weighted by atomic mass is 9.99. The van der Waals surface area contributed by atoms with Gasteiger partial charge >= 0.3 is 11.9 Å². The summed E-state index contributed by atoms with van der Waals surface area (Å²) in [5, 5.41) is 31.0. The second-order valence-electron chi connectivity index (χ2n) is 10.8. The number of carboxylic acid groups (broad SMARTS) is 2. The maximum Gasteiger partial charge on any atom is 0.338 e. The van der Waals surface area contributed by atoms with E-state index in [1.165, 1.54) is 17.8 Å². The highest BCUT2D eigenvalue weighted by atomic mass is 32.2. The van der Waals surface area contributed by atoms with E-state index in [4.69, 9.17) is 14.6 Å². The molecule has 1 aromatic heterocycles. The molecule has 11 heteroatoms. The van der Waals surface area contributed by atoms with Gasteiger partial charge in [0.1, 0.15) is 5.03 Å². The molecule has 1 amide bonds. The number of carboxylic acids is 2. The lowest BCUT2D eigenvalue weighted by Gasteiger charge is -2.36. The number of aromatic carboxylic acids is 1. The van der Waals surface area contributed by atoms with Crippen molar-refractivity contribution in [2.45, 2.75) is 55.9 Å². The molecule has 3 atom stereocenters. The van der Waals surface area contributed by atoms with E-state index < -0.39 is 18.2 Å². The lowest BCUT2D eigenvalue weighted by Crippen LogP contribution is -2.31. The van der Waals surface area contributed by atoms with Crippen molar-refractivity contribution in [2.24, 2.45) is 0 Å². The Morgan fingerprint density at radius 2 is 1.61 bits per heavy atom. The molecule has 1 fully saturated rings. The van der Waals surface area contributed by atoms with Crippen molar-refractivity contribution in [1.29, 1.82) is 0 Å². The molecule has 2 heterocycles. The number of aliphatic carboxylic acids is 1. The highest BCUT2D eigenvalue weighted by Gasteiger charge is 2.32. The molecule has 4 aromatic rings. The molecule has 0 unspecified atom stereocenters. The van der Waals surface area contributed by atoms with Crippen LogP contribution < -0.4 is 5.32 Å². The van der Waals surface area contributed by atoms with Crippen LogP contribution in [0.4, 0.5) is 0 Å². The van der Waals surface area contributed by atoms with E-state index in [9.17, 15) is 24.6 Å². The quantitative estimate of drug-likeness (QED) is 0.132. The molecule has 4 N–H and O–H groups in total. The van der Waals surface area contributed by atoms with E-state index in [2.05, 4.69) is 10.3 Å². The van der Waals surface area contributed by atoms with E-state index in [0.717, 1.165) is 33.4 Å². The molecule has 3 aromatic carbocycles. The van der Waals surface area contributed by atoms with Crippen LogP contribution in [-0.2, 0) is 32.2 Å². The second-order valence-corrected chi connectivity index (χ2v) is 11.8. The van der Waals surface area contributed by atoms with E-state index in [1.54, 1.807) is 12.3 Å². The van der Waals surface area contributed by atoms with Gasteiger partial charge in [-0.3, -0.25) is 9.59 Å². The van der Waals surface area contributed by atoms with Crippen LogP contribution in [0.15, 0.2) is 96.2 Å². The molecular formula is C35H34N2O8S. The third-order valence-corrected chi connectivity index (χ3v) is 8.66. The number of carbonyl (C=O) groups is 3. The number of aliphatic hydroxyl groups excluding tert-OH is 1. The Morgan fingerprint density at radius 3 is 2.33 bits per heavy atom. The summed E-state index contributed by atoms with van der Waals surface area (Å²) < 4.78 is 12.9. The minimum atomic E-state index is -1.03. The summed E-state index contributed by atoms with van der Waals surface area (Å²) in [5.41, 5.74) is 5.52. The third-order valence-electron chi connectivity index (χ3n) is 7.52. The number of ether oxygens (including phenoxy) is 2. The summed E-state index contributed by atoms with van der Waals surface area (Å²) >= 11 is 1.34. The molecular weight excluding hydrogens is 608 g/mol. The number of benzene rings is 3. The molecule has 238 valence electrons. The zero-order valence-electron chi connectivity index (χ0n) is 24.9. The molecule has 1 aliphatic rings. The number of hydrogen-bond donors (Lipinski definition) is 4. The van der Waals surface area contributed by atoms with Gasteiger partial charge in [-0.05, 0) is 46.0 Å². The fraction of sp³-hybridized carbons (Fsp3) is 0.257. The van der Waals surface area contributed by atoms with Gasteiger partial charge in [-0.2, -0.15) is 0 Å². The lowest BCUT2D eigenvalue weighted by molar-refractivity contribution is -0.245. The fourth-order valence-electron chi connectivity index (χ4n) is 5.07. The first kappa shape index (κ1) is 32.8. The van der Waals surface area contributed by atoms with Crippen LogP contribution in [0.3, 0.4) is 0 Å². The monoisotopic (exact) mass is 642 g/mol. The minimum Gasteiger partial charge on any atom is -0.481 e. The van der Waals surface area contributed by atoms with Crippen LogP contribution in [0.2, 0.25) is 0 Å². The van der Waals surface area contributed by atoms with Crippen molar-refractivity contribution in [3.05, 3.63) is 119 Å². The highest BCUT2D eigenvalue weighted by Crippen LogP contribution is 2.40. The first-order chi connectivity index (χ1) is 22.3. The maximum absolute atomic E-state index is 11.9. The van der Waals surface area contributed by atoms with Crippen LogP contribution in [-0.4, -0.2) is 50.0 Å². The molecule has 0 radical (unpaired) electrons. The van der Waals surface area contributed by atoms with Crippen molar-refractivity contribution in [2.75, 3.05) is 5.75 Å². The molecule has 5 rings (SSSR count). The summed E-state index contributed by atoms with van der Waals surface area (Å²) in [7, 11) is 0. The Labute approximate surface area is 270 Å². The summed E-state index contributed by atoms with van der Waals surface area (Å²) in [6.07, 6.45) is 0.616. The number of thioether (sulfide) groups is 1. The largest absolute Gasteiger partial charge is 0.481 e. The number of rotatable bonds is 13. The first-order valence-electron chi connectivity index (χ1n) is 14.8. The molecule has 46 heavy (non-hydrogen) atoms. The average molecular weight is 643 g/mol. The Morgan fingerprint density at radius 1 is 0.848 bits per heavy atom. The molecule has 0 saturated carbocycles. The molecule has 10 nitrogen and oxygen atoms in total. The summed E-state index contributed by atoms with van der Waals surface area (Å²) in [6, 6.07) is 26.3. The molecule has 1 aliphatic heterocycles. The Balaban J connectivity index is 1.30. The normalized spacial score (nSPS) is 17.7. The number of nitrogens with one attached hydrogen (secondary N) is 1. The van der Waals surface area contributed by atoms with Crippen LogP contribution in [0.5, 0.6) is 0 Å². The summed E-state index contributed by atoms with van der Waals surface area (Å²) in [4.78, 5) is 38.6. The van der Waals surface area contributed by atoms with Crippen LogP contribution >= 0.6 is 11.8 Å². The second kappa shape index (κ2) is 15.6. The molecule has 0 spiro atoms. The third kappa shape index (κ3) is 8.79. The van der Waals surface area contributed by atoms with Gasteiger partial charge in [-0.1, -0.05) is 66.7 Å². The zero-order chi connectivity index (χ0) is 32.5. The molecule has 0 aliphatic carbocycles. The topological polar surface area (TPSA) is 155 Å². The fourth-order valence-corrected chi connectivity index (χ4v) is 6.07. The number of aromatic nitrogens is 1. The SMILES string of the molecule is O=C(O)CCC(=O)NCc1cccc(-c2ccc([C@@H]3O[C@H](CSc4ncccc4C(=O)O)C[C@H](c4ccc(CO)cc4)O3)cc2)c1. The van der Waals surface area contributed by atoms with Crippen molar-refractivity contribution < 1.29 is 39.2 Å². The Bertz CT molecular complexity index is 1660. The molecule has 1 saturated heterocycles. The van der Waals surface area contributed by atoms with Crippen LogP contribution in [0.1, 0.15) is 64.3 Å². The zero-order valence-corrected chi connectivity index (χ0v) is 25.7. The predicted molar refractivity (Wildman–Crippen MR) is 171 cm³/mol. The minimum absolute atomic E-state index is 0.0521. The smallest absolute Gasteiger partial charge is 0.338 e. The van der Waals surface area contributed by atoms with E-state index in [1.807, 2.05) is 72.8 Å². The molecule has 0 bridgehead atoms. The highest BCUT2D eigenvalue weighted by molar-refractivity contribution is 7.99. The van der Waals surface area contributed by atoms with Gasteiger partial charge in [-0.15, -0.1) is 11.8 Å². The average Bonchev–Trinajstić information content (AvgIpc) is 3.09. The number of pyridine rings is 1. The number of hydrogen-bond acceptors (Lipinski definition) is 8. The van der Waals surface area contributed by atoms with E-state index in [0.29, 0.717) is 23.7 Å². The van der Waals surface area contributed by atoms with E-state index in [-0.39, 0.29) is 43.1 Å². The van der Waals surface area contributed by atoms with Gasteiger partial charge in [0.05, 0.1) is 30.8 Å². The van der Waals surface area contributed by atoms with E-state index >= 15 is 0 Å². The number of nitrogens with zero attached hydrogens (tertiary/aromatic N) is 1. The maximum atomic E-state index is 11.9. The number of amides is 1. The van der Waals surface area contributed by atoms with Gasteiger partial charge < -0.3 is 30.1 Å². The van der Waals surface area contributed by atoms with Crippen molar-refractivity contribution in [1.82, 2.24) is 10.3 Å². The van der Waals surface area contributed by atoms with Gasteiger partial charge in [-0.25, -0.2) is 9.78 Å². The Kier molecular flexibility index (Phi) is 11.2. The standard InChI is InChI=1S/C35H34N2O8S/c38-20-22-6-8-25(9-7-22)30-18-28(21-46-33-29(34(42)43)5-2-16-36-33)44-35(45-30)26-12-10-24(11-13-26)27-4-1-3-23(17-27)19-37-31(39)14-15-32(40)41/h1-13,16-17,28,30,35,38H,14-15,18-21H2,(H,37,39)(H,40,41)(H,42,43)/t28-,30+,35+/m0/s1. The van der Waals surface area contributed by atoms with Gasteiger partial charge in [0.2, 0.25) is 5.91 Å². The summed E-state index contributed by atoms with van der Waals surface area (Å²) in [6.45, 7) is 0.240. The number of carbonyl (C=O) groups excluding carboxylic acids is 1. The van der Waals surface area contributed by atoms with Crippen LogP contribution in [0.25, 0.3) is 11.1 Å². The van der Waals surface area contributed by atoms with Crippen LogP contribution in [0, 0.1) is 0 Å². The van der Waals surface area contributed by atoms with Crippen molar-refractivity contribution >= 4 is 29.6 Å². The number of aliphatic hydroxyl groups is 1. The predicted octanol–water partition coefficient (Wildman–Crippen LogP) is 5.76. The first-order valence-corrected chi connectivity index (χ1v) is 15.8.